The first-order valence-electron chi connectivity index (χ1n) is 10.1. The van der Waals surface area contributed by atoms with Crippen LogP contribution >= 0.6 is 0 Å². The normalized spacial score (nSPS) is 35.4. The Morgan fingerprint density at radius 2 is 1.68 bits per heavy atom. The smallest absolute Gasteiger partial charge is 0.241 e. The average Bonchev–Trinajstić information content (AvgIpc) is 2.53. The molecule has 0 spiro atoms. The fraction of sp³-hybridized carbons (Fsp3) is 0.682. The zero-order valence-corrected chi connectivity index (χ0v) is 15.8. The zero-order valence-electron chi connectivity index (χ0n) is 15.8. The molecule has 0 aliphatic heterocycles. The minimum atomic E-state index is -0.163. The zero-order chi connectivity index (χ0) is 17.6. The van der Waals surface area contributed by atoms with Crippen molar-refractivity contribution in [3.8, 4) is 0 Å². The highest BCUT2D eigenvalue weighted by molar-refractivity contribution is 5.94. The largest absolute Gasteiger partial charge is 0.325 e. The van der Waals surface area contributed by atoms with Crippen LogP contribution in [0.3, 0.4) is 0 Å². The standard InChI is InChI=1S/C22H32N2O/c1-14-5-4-6-20(7-14)24-21(25)15(2)23-16(3)22-11-17-8-18(12-22)10-19(9-17)13-22/h4-7,15-19,23H,8-13H2,1-3H3,(H,24,25)/t15-,16+,17?,18?,19?,22?/m1/s1. The number of nitrogens with one attached hydrogen (secondary N) is 2. The topological polar surface area (TPSA) is 41.1 Å². The van der Waals surface area contributed by atoms with Gasteiger partial charge < -0.3 is 10.6 Å². The van der Waals surface area contributed by atoms with Gasteiger partial charge in [0.15, 0.2) is 0 Å². The Bertz CT molecular complexity index is 618. The lowest BCUT2D eigenvalue weighted by molar-refractivity contribution is -0.119. The van der Waals surface area contributed by atoms with Crippen LogP contribution < -0.4 is 10.6 Å². The predicted molar refractivity (Wildman–Crippen MR) is 102 cm³/mol. The number of aryl methyl sites for hydroxylation is 1. The molecular weight excluding hydrogens is 308 g/mol. The monoisotopic (exact) mass is 340 g/mol. The second-order valence-electron chi connectivity index (χ2n) is 9.25. The Kier molecular flexibility index (Phi) is 4.39. The Balaban J connectivity index is 1.38. The lowest BCUT2D eigenvalue weighted by Crippen LogP contribution is -2.57. The van der Waals surface area contributed by atoms with Crippen molar-refractivity contribution in [1.29, 1.82) is 0 Å². The van der Waals surface area contributed by atoms with E-state index in [2.05, 4.69) is 17.6 Å². The minimum Gasteiger partial charge on any atom is -0.325 e. The van der Waals surface area contributed by atoms with Crippen LogP contribution in [0.15, 0.2) is 24.3 Å². The van der Waals surface area contributed by atoms with E-state index < -0.39 is 0 Å². The molecule has 3 heteroatoms. The molecule has 0 unspecified atom stereocenters. The highest BCUT2D eigenvalue weighted by Crippen LogP contribution is 2.61. The van der Waals surface area contributed by atoms with Gasteiger partial charge in [-0.2, -0.15) is 0 Å². The molecule has 2 atom stereocenters. The van der Waals surface area contributed by atoms with Crippen LogP contribution in [0.25, 0.3) is 0 Å². The third-order valence-electron chi connectivity index (χ3n) is 7.18. The quantitative estimate of drug-likeness (QED) is 0.827. The molecular formula is C22H32N2O. The maximum atomic E-state index is 12.6. The first-order valence-corrected chi connectivity index (χ1v) is 10.1. The lowest BCUT2D eigenvalue weighted by atomic mass is 9.48. The molecule has 2 N–H and O–H groups in total. The molecule has 1 amide bonds. The minimum absolute atomic E-state index is 0.0715. The highest BCUT2D eigenvalue weighted by atomic mass is 16.2. The molecule has 3 nitrogen and oxygen atoms in total. The number of rotatable bonds is 5. The van der Waals surface area contributed by atoms with E-state index in [4.69, 9.17) is 0 Å². The van der Waals surface area contributed by atoms with Crippen LogP contribution in [0.5, 0.6) is 0 Å². The van der Waals surface area contributed by atoms with Crippen molar-refractivity contribution in [2.45, 2.75) is 71.4 Å². The molecule has 25 heavy (non-hydrogen) atoms. The predicted octanol–water partition coefficient (Wildman–Crippen LogP) is 4.52. The summed E-state index contributed by atoms with van der Waals surface area (Å²) in [4.78, 5) is 12.6. The van der Waals surface area contributed by atoms with Crippen molar-refractivity contribution in [1.82, 2.24) is 5.32 Å². The maximum Gasteiger partial charge on any atom is 0.241 e. The Hall–Kier alpha value is -1.35. The van der Waals surface area contributed by atoms with Crippen LogP contribution in [-0.2, 0) is 4.79 Å². The Morgan fingerprint density at radius 1 is 1.08 bits per heavy atom. The summed E-state index contributed by atoms with van der Waals surface area (Å²) < 4.78 is 0. The van der Waals surface area contributed by atoms with E-state index in [-0.39, 0.29) is 11.9 Å². The second kappa shape index (κ2) is 6.42. The van der Waals surface area contributed by atoms with Gasteiger partial charge in [0.05, 0.1) is 6.04 Å². The first kappa shape index (κ1) is 17.1. The van der Waals surface area contributed by atoms with E-state index in [0.29, 0.717) is 11.5 Å². The SMILES string of the molecule is Cc1cccc(NC(=O)[C@@H](C)N[C@@H](C)C23CC4CC(CC(C4)C2)C3)c1. The number of benzene rings is 1. The van der Waals surface area contributed by atoms with Gasteiger partial charge in [-0.1, -0.05) is 12.1 Å². The van der Waals surface area contributed by atoms with Gasteiger partial charge in [-0.15, -0.1) is 0 Å². The molecule has 5 rings (SSSR count). The summed E-state index contributed by atoms with van der Waals surface area (Å²) in [7, 11) is 0. The van der Waals surface area contributed by atoms with Crippen LogP contribution in [0.1, 0.15) is 57.9 Å². The number of hydrogen-bond donors (Lipinski definition) is 2. The van der Waals surface area contributed by atoms with Gasteiger partial charge in [0, 0.05) is 11.7 Å². The van der Waals surface area contributed by atoms with E-state index in [1.807, 2.05) is 38.1 Å². The summed E-state index contributed by atoms with van der Waals surface area (Å²) in [6, 6.07) is 8.27. The van der Waals surface area contributed by atoms with Crippen molar-refractivity contribution in [3.05, 3.63) is 29.8 Å². The summed E-state index contributed by atoms with van der Waals surface area (Å²) >= 11 is 0. The Morgan fingerprint density at radius 3 is 2.24 bits per heavy atom. The summed E-state index contributed by atoms with van der Waals surface area (Å²) in [5, 5.41) is 6.72. The third-order valence-corrected chi connectivity index (χ3v) is 7.18. The molecule has 4 fully saturated rings. The molecule has 1 aromatic carbocycles. The van der Waals surface area contributed by atoms with Gasteiger partial charge in [0.1, 0.15) is 0 Å². The van der Waals surface area contributed by atoms with Gasteiger partial charge in [0.2, 0.25) is 5.91 Å². The first-order chi connectivity index (χ1) is 11.9. The summed E-state index contributed by atoms with van der Waals surface area (Å²) in [6.45, 7) is 6.37. The van der Waals surface area contributed by atoms with E-state index in [1.54, 1.807) is 0 Å². The van der Waals surface area contributed by atoms with Crippen molar-refractivity contribution < 1.29 is 4.79 Å². The number of carbonyl (C=O) groups is 1. The Labute approximate surface area is 152 Å². The molecule has 0 radical (unpaired) electrons. The average molecular weight is 341 g/mol. The molecule has 4 aliphatic rings. The van der Waals surface area contributed by atoms with Crippen LogP contribution in [0.4, 0.5) is 5.69 Å². The lowest BCUT2D eigenvalue weighted by Gasteiger charge is -2.59. The molecule has 4 bridgehead atoms. The fourth-order valence-corrected chi connectivity index (χ4v) is 6.31. The van der Waals surface area contributed by atoms with Gasteiger partial charge in [0.25, 0.3) is 0 Å². The van der Waals surface area contributed by atoms with Crippen LogP contribution in [-0.4, -0.2) is 18.0 Å². The molecule has 0 heterocycles. The summed E-state index contributed by atoms with van der Waals surface area (Å²) in [5.41, 5.74) is 2.49. The van der Waals surface area contributed by atoms with Crippen molar-refractivity contribution >= 4 is 11.6 Å². The number of carbonyl (C=O) groups excluding carboxylic acids is 1. The van der Waals surface area contributed by atoms with E-state index in [9.17, 15) is 4.79 Å². The molecule has 0 aromatic heterocycles. The molecule has 4 saturated carbocycles. The van der Waals surface area contributed by atoms with Crippen molar-refractivity contribution in [3.63, 3.8) is 0 Å². The van der Waals surface area contributed by atoms with Crippen LogP contribution in [0.2, 0.25) is 0 Å². The molecule has 0 saturated heterocycles. The van der Waals surface area contributed by atoms with Crippen molar-refractivity contribution in [2.24, 2.45) is 23.2 Å². The number of amides is 1. The van der Waals surface area contributed by atoms with E-state index in [1.165, 1.54) is 44.1 Å². The highest BCUT2D eigenvalue weighted by Gasteiger charge is 2.53. The van der Waals surface area contributed by atoms with Gasteiger partial charge >= 0.3 is 0 Å². The van der Waals surface area contributed by atoms with Crippen molar-refractivity contribution in [2.75, 3.05) is 5.32 Å². The van der Waals surface area contributed by atoms with E-state index in [0.717, 1.165) is 23.4 Å². The van der Waals surface area contributed by atoms with Gasteiger partial charge in [-0.25, -0.2) is 0 Å². The van der Waals surface area contributed by atoms with Crippen LogP contribution in [0, 0.1) is 30.1 Å². The third kappa shape index (κ3) is 3.36. The summed E-state index contributed by atoms with van der Waals surface area (Å²) in [6.07, 6.45) is 8.53. The molecule has 4 aliphatic carbocycles. The fourth-order valence-electron chi connectivity index (χ4n) is 6.31. The second-order valence-corrected chi connectivity index (χ2v) is 9.25. The number of anilines is 1. The molecule has 1 aromatic rings. The van der Waals surface area contributed by atoms with Gasteiger partial charge in [-0.05, 0) is 100 Å². The van der Waals surface area contributed by atoms with Gasteiger partial charge in [-0.3, -0.25) is 4.79 Å². The van der Waals surface area contributed by atoms with E-state index >= 15 is 0 Å². The molecule has 136 valence electrons. The number of hydrogen-bond acceptors (Lipinski definition) is 2. The summed E-state index contributed by atoms with van der Waals surface area (Å²) in [5.74, 6) is 2.92. The maximum absolute atomic E-state index is 12.6.